The van der Waals surface area contributed by atoms with Crippen LogP contribution in [0.15, 0.2) is 24.5 Å². The minimum atomic E-state index is -4.21. The Morgan fingerprint density at radius 2 is 2.14 bits per heavy atom. The van der Waals surface area contributed by atoms with E-state index in [0.29, 0.717) is 9.87 Å². The highest BCUT2D eigenvalue weighted by molar-refractivity contribution is 7.92. The maximum atomic E-state index is 14.6. The Kier molecular flexibility index (Phi) is 2.83. The summed E-state index contributed by atoms with van der Waals surface area (Å²) >= 11 is 0. The Bertz CT molecular complexity index is 819. The lowest BCUT2D eigenvalue weighted by Gasteiger charge is -2.18. The van der Waals surface area contributed by atoms with Crippen LogP contribution < -0.4 is 9.03 Å². The van der Waals surface area contributed by atoms with Crippen molar-refractivity contribution in [2.45, 2.75) is 0 Å². The first-order chi connectivity index (χ1) is 9.90. The molecule has 3 rings (SSSR count). The van der Waals surface area contributed by atoms with Crippen molar-refractivity contribution in [2.75, 3.05) is 10.8 Å². The average molecular weight is 312 g/mol. The van der Waals surface area contributed by atoms with Gasteiger partial charge in [-0.3, -0.25) is 9.89 Å². The molecule has 110 valence electrons. The van der Waals surface area contributed by atoms with Gasteiger partial charge in [0.15, 0.2) is 5.82 Å². The van der Waals surface area contributed by atoms with Crippen molar-refractivity contribution in [1.29, 1.82) is 0 Å². The fourth-order valence-corrected chi connectivity index (χ4v) is 3.22. The van der Waals surface area contributed by atoms with Gasteiger partial charge in [0.1, 0.15) is 18.0 Å². The molecule has 0 bridgehead atoms. The van der Waals surface area contributed by atoms with E-state index in [1.165, 1.54) is 18.5 Å². The molecular weight excluding hydrogens is 303 g/mol. The van der Waals surface area contributed by atoms with Crippen LogP contribution in [0.1, 0.15) is 0 Å². The Hall–Kier alpha value is -2.62. The molecule has 1 aliphatic rings. The summed E-state index contributed by atoms with van der Waals surface area (Å²) in [5, 5.41) is 16.0. The number of rotatable bonds is 2. The first-order valence-electron chi connectivity index (χ1n) is 5.74. The quantitative estimate of drug-likeness (QED) is 0.727. The zero-order valence-electron chi connectivity index (χ0n) is 10.4. The molecule has 0 aliphatic carbocycles. The van der Waals surface area contributed by atoms with Crippen LogP contribution in [0.2, 0.25) is 0 Å². The second-order valence-corrected chi connectivity index (χ2v) is 5.91. The summed E-state index contributed by atoms with van der Waals surface area (Å²) in [4.78, 5) is 11.2. The van der Waals surface area contributed by atoms with E-state index in [4.69, 9.17) is 0 Å². The summed E-state index contributed by atoms with van der Waals surface area (Å²) in [5.74, 6) is -2.35. The first kappa shape index (κ1) is 13.4. The van der Waals surface area contributed by atoms with Crippen LogP contribution in [0.25, 0.3) is 11.1 Å². The molecule has 10 heteroatoms. The number of benzene rings is 1. The van der Waals surface area contributed by atoms with E-state index >= 15 is 0 Å². The Balaban J connectivity index is 2.20. The maximum absolute atomic E-state index is 14.6. The molecule has 0 radical (unpaired) electrons. The number of aromatic nitrogens is 2. The van der Waals surface area contributed by atoms with Gasteiger partial charge >= 0.3 is 10.2 Å². The van der Waals surface area contributed by atoms with Gasteiger partial charge in [-0.1, -0.05) is 0 Å². The molecule has 0 atom stereocenters. The molecule has 1 aromatic carbocycles. The van der Waals surface area contributed by atoms with Gasteiger partial charge in [-0.05, 0) is 12.1 Å². The lowest BCUT2D eigenvalue weighted by Crippen LogP contribution is -2.30. The molecule has 3 N–H and O–H groups in total. The van der Waals surface area contributed by atoms with Gasteiger partial charge in [0.05, 0.1) is 6.20 Å². The summed E-state index contributed by atoms with van der Waals surface area (Å²) in [5.41, 5.74) is -0.150. The van der Waals surface area contributed by atoms with Crippen molar-refractivity contribution in [3.8, 4) is 16.9 Å². The number of nitrogens with zero attached hydrogens (tertiary/aromatic N) is 2. The van der Waals surface area contributed by atoms with E-state index in [1.54, 1.807) is 4.72 Å². The molecular formula is C11H9FN4O4S. The number of phenolic OH excluding ortho intramolecular Hbond substituents is 1. The summed E-state index contributed by atoms with van der Waals surface area (Å²) in [6.07, 6.45) is 2.77. The molecule has 1 aliphatic heterocycles. The second-order valence-electron chi connectivity index (χ2n) is 4.32. The van der Waals surface area contributed by atoms with Crippen LogP contribution in [0, 0.1) is 5.82 Å². The number of carbonyl (C=O) groups excluding carboxylic acids is 1. The minimum Gasteiger partial charge on any atom is -0.506 e. The van der Waals surface area contributed by atoms with Gasteiger partial charge < -0.3 is 5.11 Å². The minimum absolute atomic E-state index is 0.0473. The Labute approximate surface area is 118 Å². The van der Waals surface area contributed by atoms with E-state index in [9.17, 15) is 22.7 Å². The highest BCUT2D eigenvalue weighted by Gasteiger charge is 2.37. The molecule has 1 aromatic heterocycles. The Morgan fingerprint density at radius 1 is 1.38 bits per heavy atom. The molecule has 1 saturated heterocycles. The standard InChI is InChI=1S/C11H9FN4O4S/c12-10-7(6-3-13-14-4-6)1-2-8(17)11(10)16-5-9(18)15-21(16,19)20/h1-4,17H,5H2,(H,13,14)(H,15,18). The number of hydrogen-bond acceptors (Lipinski definition) is 5. The monoisotopic (exact) mass is 312 g/mol. The normalized spacial score (nSPS) is 17.0. The summed E-state index contributed by atoms with van der Waals surface area (Å²) in [6.45, 7) is -0.596. The van der Waals surface area contributed by atoms with Crippen LogP contribution >= 0.6 is 0 Å². The smallest absolute Gasteiger partial charge is 0.326 e. The molecule has 0 spiro atoms. The van der Waals surface area contributed by atoms with E-state index in [0.717, 1.165) is 6.07 Å². The first-order valence-corrected chi connectivity index (χ1v) is 7.18. The lowest BCUT2D eigenvalue weighted by atomic mass is 10.1. The number of halogens is 1. The van der Waals surface area contributed by atoms with E-state index in [-0.39, 0.29) is 5.56 Å². The number of amides is 1. The molecule has 1 fully saturated rings. The van der Waals surface area contributed by atoms with Crippen molar-refractivity contribution < 1.29 is 22.7 Å². The van der Waals surface area contributed by atoms with Gasteiger partial charge in [0.2, 0.25) is 0 Å². The SMILES string of the molecule is O=C1CN(c2c(O)ccc(-c3cn[nH]c3)c2F)S(=O)(=O)N1. The largest absolute Gasteiger partial charge is 0.506 e. The lowest BCUT2D eigenvalue weighted by molar-refractivity contribution is -0.117. The van der Waals surface area contributed by atoms with Crippen molar-refractivity contribution in [1.82, 2.24) is 14.9 Å². The zero-order valence-corrected chi connectivity index (χ0v) is 11.2. The van der Waals surface area contributed by atoms with Gasteiger partial charge in [-0.2, -0.15) is 13.5 Å². The molecule has 8 nitrogen and oxygen atoms in total. The third-order valence-electron chi connectivity index (χ3n) is 2.97. The maximum Gasteiger partial charge on any atom is 0.326 e. The van der Waals surface area contributed by atoms with Gasteiger partial charge in [-0.25, -0.2) is 13.4 Å². The third kappa shape index (κ3) is 2.09. The number of carbonyl (C=O) groups is 1. The van der Waals surface area contributed by atoms with Crippen LogP contribution in [0.3, 0.4) is 0 Å². The van der Waals surface area contributed by atoms with Crippen molar-refractivity contribution in [3.05, 3.63) is 30.3 Å². The summed E-state index contributed by atoms with van der Waals surface area (Å²) in [7, 11) is -4.21. The summed E-state index contributed by atoms with van der Waals surface area (Å²) < 4.78 is 40.3. The molecule has 1 amide bonds. The fourth-order valence-electron chi connectivity index (χ4n) is 2.06. The Morgan fingerprint density at radius 3 is 2.71 bits per heavy atom. The molecule has 0 saturated carbocycles. The summed E-state index contributed by atoms with van der Waals surface area (Å²) in [6, 6.07) is 2.44. The van der Waals surface area contributed by atoms with E-state index < -0.39 is 39.9 Å². The van der Waals surface area contributed by atoms with Gasteiger partial charge in [-0.15, -0.1) is 0 Å². The van der Waals surface area contributed by atoms with E-state index in [1.807, 2.05) is 0 Å². The number of phenols is 1. The second kappa shape index (κ2) is 4.45. The number of nitrogens with one attached hydrogen (secondary N) is 2. The van der Waals surface area contributed by atoms with Crippen LogP contribution in [-0.4, -0.2) is 36.2 Å². The number of anilines is 1. The number of hydrogen-bond donors (Lipinski definition) is 3. The highest BCUT2D eigenvalue weighted by atomic mass is 32.2. The number of aromatic amines is 1. The van der Waals surface area contributed by atoms with Crippen molar-refractivity contribution in [2.24, 2.45) is 0 Å². The van der Waals surface area contributed by atoms with Crippen molar-refractivity contribution in [3.63, 3.8) is 0 Å². The topological polar surface area (TPSA) is 115 Å². The number of H-pyrrole nitrogens is 1. The van der Waals surface area contributed by atoms with Crippen LogP contribution in [0.4, 0.5) is 10.1 Å². The van der Waals surface area contributed by atoms with E-state index in [2.05, 4.69) is 10.2 Å². The van der Waals surface area contributed by atoms with Crippen LogP contribution in [0.5, 0.6) is 5.75 Å². The van der Waals surface area contributed by atoms with Gasteiger partial charge in [0, 0.05) is 17.3 Å². The van der Waals surface area contributed by atoms with Gasteiger partial charge in [0.25, 0.3) is 5.91 Å². The highest BCUT2D eigenvalue weighted by Crippen LogP contribution is 2.38. The molecule has 2 heterocycles. The molecule has 0 unspecified atom stereocenters. The predicted molar refractivity (Wildman–Crippen MR) is 70.1 cm³/mol. The third-order valence-corrected chi connectivity index (χ3v) is 4.35. The number of aromatic hydroxyl groups is 1. The van der Waals surface area contributed by atoms with Crippen molar-refractivity contribution >= 4 is 21.8 Å². The fraction of sp³-hybridized carbons (Fsp3) is 0.0909. The predicted octanol–water partition coefficient (Wildman–Crippen LogP) is 0.102. The molecule has 2 aromatic rings. The van der Waals surface area contributed by atoms with Crippen LogP contribution in [-0.2, 0) is 15.0 Å². The molecule has 21 heavy (non-hydrogen) atoms. The average Bonchev–Trinajstić information content (AvgIpc) is 2.98. The zero-order chi connectivity index (χ0) is 15.2.